The average molecular weight is 695 g/mol. The minimum Gasteiger partial charge on any atom is -0.0610 e. The molecule has 0 aliphatic carbocycles. The summed E-state index contributed by atoms with van der Waals surface area (Å²) in [6, 6.07) is 53.0. The molecule has 18 aromatic rings. The number of hydrogen-bond acceptors (Lipinski definition) is 0. The minimum absolute atomic E-state index is 1.32. The van der Waals surface area contributed by atoms with Crippen molar-refractivity contribution in [1.82, 2.24) is 0 Å². The van der Waals surface area contributed by atoms with Crippen molar-refractivity contribution < 1.29 is 0 Å². The standard InChI is InChI=1S/C56H22/c1-3-23-9-12-32-22-36-46-37-21-28-6-2-5-26-17-30-11-10-24-7-8-25-15-16-34-35-20-31-14-13-29-19-33-18-27(4-1)38(23)43(32)45(33)49(36)51(40(29)31)54(46)48(35)55-50(37)52(39(26)28)53-44(30)41(24)42(25)47(34)56(53)55/h1-22H. The number of benzene rings is 12. The number of hydrogen-bond donors (Lipinski definition) is 0. The fourth-order valence-electron chi connectivity index (χ4n) is 13.5. The van der Waals surface area contributed by atoms with Crippen molar-refractivity contribution >= 4 is 183 Å². The maximum atomic E-state index is 2.59. The van der Waals surface area contributed by atoms with Gasteiger partial charge >= 0.3 is 0 Å². The summed E-state index contributed by atoms with van der Waals surface area (Å²) in [7, 11) is 0. The van der Waals surface area contributed by atoms with Crippen molar-refractivity contribution in [2.45, 2.75) is 0 Å². The van der Waals surface area contributed by atoms with E-state index in [0.717, 1.165) is 0 Å². The molecule has 0 bridgehead atoms. The predicted molar refractivity (Wildman–Crippen MR) is 245 cm³/mol. The molecule has 0 aliphatic heterocycles. The van der Waals surface area contributed by atoms with Gasteiger partial charge in [-0.1, -0.05) is 97.1 Å². The highest BCUT2D eigenvalue weighted by Crippen LogP contribution is 2.62. The van der Waals surface area contributed by atoms with E-state index in [0.29, 0.717) is 0 Å². The molecule has 0 spiro atoms. The van der Waals surface area contributed by atoms with Gasteiger partial charge in [-0.25, -0.2) is 0 Å². The van der Waals surface area contributed by atoms with Crippen LogP contribution < -0.4 is 0 Å². The van der Waals surface area contributed by atoms with Crippen molar-refractivity contribution in [3.8, 4) is 0 Å². The topological polar surface area (TPSA) is 0 Å². The maximum Gasteiger partial charge on any atom is -0.0000253 e. The van der Waals surface area contributed by atoms with Gasteiger partial charge in [0.25, 0.3) is 0 Å². The van der Waals surface area contributed by atoms with E-state index < -0.39 is 0 Å². The van der Waals surface area contributed by atoms with Crippen LogP contribution in [0.4, 0.5) is 0 Å². The first kappa shape index (κ1) is 25.7. The SMILES string of the molecule is c1cc2ccc3cc4c5c6cc7cccc8cc9ccc%10ccc%11ccc%12c%13cc%14ccc%15cc%16cc(c1)c2c3c%16c4c(c%15%14)c5c%13c1c6c(c87)c2c9c%10c%11c%12c12. The summed E-state index contributed by atoms with van der Waals surface area (Å²) >= 11 is 0. The first-order chi connectivity index (χ1) is 27.8. The van der Waals surface area contributed by atoms with Crippen LogP contribution in [0.25, 0.3) is 183 Å². The summed E-state index contributed by atoms with van der Waals surface area (Å²) in [5.74, 6) is 0. The van der Waals surface area contributed by atoms with E-state index in [1.807, 2.05) is 0 Å². The molecule has 0 N–H and O–H groups in total. The van der Waals surface area contributed by atoms with Crippen molar-refractivity contribution in [1.29, 1.82) is 0 Å². The van der Waals surface area contributed by atoms with Crippen molar-refractivity contribution in [3.05, 3.63) is 133 Å². The summed E-state index contributed by atoms with van der Waals surface area (Å²) in [4.78, 5) is 0. The molecule has 56 heavy (non-hydrogen) atoms. The van der Waals surface area contributed by atoms with E-state index in [-0.39, 0.29) is 0 Å². The van der Waals surface area contributed by atoms with E-state index in [1.54, 1.807) is 0 Å². The number of fused-ring (bicyclic) bond motifs is 3. The molecule has 0 unspecified atom stereocenters. The third-order valence-electron chi connectivity index (χ3n) is 15.2. The minimum atomic E-state index is 1.32. The second kappa shape index (κ2) is 7.65. The monoisotopic (exact) mass is 694 g/mol. The molecule has 0 heterocycles. The van der Waals surface area contributed by atoms with Crippen molar-refractivity contribution in [2.75, 3.05) is 0 Å². The quantitative estimate of drug-likeness (QED) is 0.109. The van der Waals surface area contributed by atoms with Gasteiger partial charge in [-0.2, -0.15) is 0 Å². The Labute approximate surface area is 315 Å². The second-order valence-electron chi connectivity index (χ2n) is 17.4. The van der Waals surface area contributed by atoms with E-state index in [4.69, 9.17) is 0 Å². The average Bonchev–Trinajstić information content (AvgIpc) is 3.79. The van der Waals surface area contributed by atoms with E-state index in [9.17, 15) is 0 Å². The van der Waals surface area contributed by atoms with Crippen molar-refractivity contribution in [3.63, 3.8) is 0 Å². The molecule has 0 saturated carbocycles. The Balaban J connectivity index is 1.32. The summed E-state index contributed by atoms with van der Waals surface area (Å²) in [5.41, 5.74) is 0. The smallest absolute Gasteiger partial charge is 0.0000253 e. The molecule has 0 radical (unpaired) electrons. The fraction of sp³-hybridized carbons (Fsp3) is 0. The van der Waals surface area contributed by atoms with Gasteiger partial charge in [-0.15, -0.1) is 0 Å². The Morgan fingerprint density at radius 3 is 1.16 bits per heavy atom. The van der Waals surface area contributed by atoms with Crippen molar-refractivity contribution in [2.24, 2.45) is 0 Å². The lowest BCUT2D eigenvalue weighted by atomic mass is 9.84. The maximum absolute atomic E-state index is 2.59. The van der Waals surface area contributed by atoms with Gasteiger partial charge in [0.05, 0.1) is 0 Å². The summed E-state index contributed by atoms with van der Waals surface area (Å²) in [6.07, 6.45) is 0. The van der Waals surface area contributed by atoms with Gasteiger partial charge in [0, 0.05) is 0 Å². The zero-order valence-corrected chi connectivity index (χ0v) is 29.7. The molecule has 0 aromatic heterocycles. The van der Waals surface area contributed by atoms with E-state index >= 15 is 0 Å². The van der Waals surface area contributed by atoms with Crippen LogP contribution in [0, 0.1) is 0 Å². The molecular formula is C56H22. The largest absolute Gasteiger partial charge is 0.0610 e. The Morgan fingerprint density at radius 1 is 0.143 bits per heavy atom. The zero-order valence-electron chi connectivity index (χ0n) is 29.7. The first-order valence-electron chi connectivity index (χ1n) is 20.0. The van der Waals surface area contributed by atoms with Gasteiger partial charge < -0.3 is 0 Å². The van der Waals surface area contributed by atoms with Crippen LogP contribution in [0.1, 0.15) is 0 Å². The molecule has 0 aliphatic rings. The highest BCUT2D eigenvalue weighted by Gasteiger charge is 2.33. The molecule has 0 amide bonds. The van der Waals surface area contributed by atoms with Crippen LogP contribution >= 0.6 is 0 Å². The lowest BCUT2D eigenvalue weighted by Crippen LogP contribution is -1.89. The van der Waals surface area contributed by atoms with Crippen LogP contribution in [0.3, 0.4) is 0 Å². The Kier molecular flexibility index (Phi) is 3.51. The highest BCUT2D eigenvalue weighted by atomic mass is 14.3. The molecule has 246 valence electrons. The third kappa shape index (κ3) is 2.31. The third-order valence-corrected chi connectivity index (χ3v) is 15.2. The molecular weight excluding hydrogens is 673 g/mol. The van der Waals surface area contributed by atoms with Gasteiger partial charge in [0.2, 0.25) is 0 Å². The second-order valence-corrected chi connectivity index (χ2v) is 17.4. The molecule has 0 fully saturated rings. The normalized spacial score (nSPS) is 14.1. The molecule has 0 heteroatoms. The highest BCUT2D eigenvalue weighted by molar-refractivity contribution is 6.63. The summed E-state index contributed by atoms with van der Waals surface area (Å²) in [6.45, 7) is 0. The van der Waals surface area contributed by atoms with Crippen LogP contribution in [0.15, 0.2) is 133 Å². The summed E-state index contributed by atoms with van der Waals surface area (Å²) in [5, 5.41) is 47.7. The lowest BCUT2D eigenvalue weighted by Gasteiger charge is -2.18. The van der Waals surface area contributed by atoms with Crippen LogP contribution in [-0.2, 0) is 0 Å². The lowest BCUT2D eigenvalue weighted by molar-refractivity contribution is 1.83. The van der Waals surface area contributed by atoms with Gasteiger partial charge in [0.1, 0.15) is 0 Å². The fourth-order valence-corrected chi connectivity index (χ4v) is 13.5. The first-order valence-corrected chi connectivity index (χ1v) is 20.0. The molecule has 18 rings (SSSR count). The van der Waals surface area contributed by atoms with Gasteiger partial charge in [0.15, 0.2) is 0 Å². The van der Waals surface area contributed by atoms with Crippen LogP contribution in [-0.4, -0.2) is 0 Å². The Bertz CT molecular complexity index is 4770. The van der Waals surface area contributed by atoms with Gasteiger partial charge in [-0.05, 0) is 220 Å². The van der Waals surface area contributed by atoms with E-state index in [2.05, 4.69) is 133 Å². The molecule has 0 nitrogen and oxygen atoms in total. The Hall–Kier alpha value is -7.28. The predicted octanol–water partition coefficient (Wildman–Crippen LogP) is 16.2. The van der Waals surface area contributed by atoms with Crippen LogP contribution in [0.5, 0.6) is 0 Å². The van der Waals surface area contributed by atoms with E-state index in [1.165, 1.54) is 183 Å². The Morgan fingerprint density at radius 2 is 0.446 bits per heavy atom. The number of rotatable bonds is 0. The molecule has 0 saturated heterocycles. The summed E-state index contributed by atoms with van der Waals surface area (Å²) < 4.78 is 0. The molecule has 18 aromatic carbocycles. The zero-order chi connectivity index (χ0) is 35.2. The van der Waals surface area contributed by atoms with Gasteiger partial charge in [-0.3, -0.25) is 0 Å². The van der Waals surface area contributed by atoms with Crippen LogP contribution in [0.2, 0.25) is 0 Å². The molecule has 0 atom stereocenters.